The zero-order valence-corrected chi connectivity index (χ0v) is 14.7. The normalized spacial score (nSPS) is 22.3. The van der Waals surface area contributed by atoms with Crippen LogP contribution in [0.2, 0.25) is 0 Å². The average Bonchev–Trinajstić information content (AvgIpc) is 3.05. The summed E-state index contributed by atoms with van der Waals surface area (Å²) in [6, 6.07) is 6.28. The zero-order valence-electron chi connectivity index (χ0n) is 14.7. The molecule has 6 heteroatoms. The highest BCUT2D eigenvalue weighted by Gasteiger charge is 2.43. The maximum atomic E-state index is 6.23. The molecule has 2 aliphatic heterocycles. The lowest BCUT2D eigenvalue weighted by Crippen LogP contribution is -2.45. The average molecular weight is 339 g/mol. The lowest BCUT2D eigenvalue weighted by Gasteiger charge is -2.38. The first-order chi connectivity index (χ1) is 12.3. The molecule has 0 saturated carbocycles. The molecule has 4 rings (SSSR count). The quantitative estimate of drug-likeness (QED) is 0.924. The summed E-state index contributed by atoms with van der Waals surface area (Å²) in [5.41, 5.74) is 1.17. The van der Waals surface area contributed by atoms with Gasteiger partial charge in [-0.15, -0.1) is 0 Å². The van der Waals surface area contributed by atoms with Crippen LogP contribution in [0.1, 0.15) is 31.7 Å². The molecule has 1 N–H and O–H groups in total. The number of anilines is 2. The van der Waals surface area contributed by atoms with E-state index >= 15 is 0 Å². The fraction of sp³-hybridized carbons (Fsp3) is 0.526. The van der Waals surface area contributed by atoms with E-state index in [1.54, 1.807) is 0 Å². The second kappa shape index (κ2) is 6.96. The van der Waals surface area contributed by atoms with Gasteiger partial charge in [0.05, 0.1) is 18.2 Å². The van der Waals surface area contributed by atoms with Crippen LogP contribution in [-0.2, 0) is 11.2 Å². The van der Waals surface area contributed by atoms with Crippen LogP contribution in [0.3, 0.4) is 0 Å². The summed E-state index contributed by atoms with van der Waals surface area (Å²) < 4.78 is 6.23. The number of pyridine rings is 1. The van der Waals surface area contributed by atoms with Gasteiger partial charge in [0.25, 0.3) is 0 Å². The number of piperidine rings is 1. The van der Waals surface area contributed by atoms with Crippen LogP contribution >= 0.6 is 0 Å². The molecule has 0 unspecified atom stereocenters. The molecule has 0 aromatic carbocycles. The number of rotatable bonds is 4. The predicted molar refractivity (Wildman–Crippen MR) is 97.8 cm³/mol. The summed E-state index contributed by atoms with van der Waals surface area (Å²) in [6.07, 6.45) is 9.74. The molecular weight excluding hydrogens is 314 g/mol. The zero-order chi connectivity index (χ0) is 17.1. The van der Waals surface area contributed by atoms with E-state index in [4.69, 9.17) is 4.74 Å². The van der Waals surface area contributed by atoms with Gasteiger partial charge in [-0.25, -0.2) is 15.0 Å². The summed E-state index contributed by atoms with van der Waals surface area (Å²) in [6.45, 7) is 4.76. The SMILES string of the molecule is CCc1cnc(N2CCC3(CC2)C[C@H](Nc2ccccn2)CO3)nc1. The van der Waals surface area contributed by atoms with Crippen LogP contribution in [0.5, 0.6) is 0 Å². The Kier molecular flexibility index (Phi) is 4.53. The van der Waals surface area contributed by atoms with Gasteiger partial charge in [-0.1, -0.05) is 13.0 Å². The van der Waals surface area contributed by atoms with E-state index < -0.39 is 0 Å². The van der Waals surface area contributed by atoms with Gasteiger partial charge in [-0.2, -0.15) is 0 Å². The largest absolute Gasteiger partial charge is 0.373 e. The minimum atomic E-state index is -0.00763. The number of ether oxygens (including phenoxy) is 1. The van der Waals surface area contributed by atoms with E-state index in [-0.39, 0.29) is 5.60 Å². The van der Waals surface area contributed by atoms with Crippen molar-refractivity contribution in [1.82, 2.24) is 15.0 Å². The molecule has 2 aliphatic rings. The van der Waals surface area contributed by atoms with Gasteiger partial charge in [-0.05, 0) is 43.4 Å². The first-order valence-corrected chi connectivity index (χ1v) is 9.14. The molecule has 6 nitrogen and oxygen atoms in total. The Bertz CT molecular complexity index is 683. The van der Waals surface area contributed by atoms with E-state index in [2.05, 4.69) is 32.1 Å². The summed E-state index contributed by atoms with van der Waals surface area (Å²) >= 11 is 0. The Labute approximate surface area is 148 Å². The van der Waals surface area contributed by atoms with Gasteiger partial charge >= 0.3 is 0 Å². The van der Waals surface area contributed by atoms with Crippen LogP contribution in [0.25, 0.3) is 0 Å². The van der Waals surface area contributed by atoms with E-state index in [9.17, 15) is 0 Å². The fourth-order valence-corrected chi connectivity index (χ4v) is 3.75. The highest BCUT2D eigenvalue weighted by atomic mass is 16.5. The summed E-state index contributed by atoms with van der Waals surface area (Å²) in [7, 11) is 0. The number of aromatic nitrogens is 3. The van der Waals surface area contributed by atoms with Gasteiger partial charge in [0.1, 0.15) is 5.82 Å². The Morgan fingerprint density at radius 3 is 2.68 bits per heavy atom. The molecule has 0 aliphatic carbocycles. The van der Waals surface area contributed by atoms with Crippen LogP contribution < -0.4 is 10.2 Å². The second-order valence-electron chi connectivity index (χ2n) is 6.99. The van der Waals surface area contributed by atoms with Gasteiger partial charge in [0.2, 0.25) is 5.95 Å². The standard InChI is InChI=1S/C19H25N5O/c1-2-15-12-21-18(22-13-15)24-9-6-19(7-10-24)11-16(14-25-19)23-17-5-3-4-8-20-17/h3-5,8,12-13,16H,2,6-7,9-11,14H2,1H3,(H,20,23)/t16-/m0/s1. The third-order valence-electron chi connectivity index (χ3n) is 5.28. The Morgan fingerprint density at radius 1 is 1.20 bits per heavy atom. The van der Waals surface area contributed by atoms with Crippen molar-refractivity contribution in [1.29, 1.82) is 0 Å². The highest BCUT2D eigenvalue weighted by molar-refractivity contribution is 5.36. The van der Waals surface area contributed by atoms with Crippen molar-refractivity contribution < 1.29 is 4.74 Å². The van der Waals surface area contributed by atoms with Gasteiger partial charge in [0.15, 0.2) is 0 Å². The van der Waals surface area contributed by atoms with Crippen molar-refractivity contribution in [3.63, 3.8) is 0 Å². The molecule has 1 atom stereocenters. The van der Waals surface area contributed by atoms with Crippen LogP contribution in [0.15, 0.2) is 36.8 Å². The summed E-state index contributed by atoms with van der Waals surface area (Å²) in [5, 5.41) is 3.49. The van der Waals surface area contributed by atoms with E-state index in [0.29, 0.717) is 6.04 Å². The Hall–Kier alpha value is -2.21. The number of hydrogen-bond donors (Lipinski definition) is 1. The summed E-state index contributed by atoms with van der Waals surface area (Å²) in [4.78, 5) is 15.6. The number of aryl methyl sites for hydroxylation is 1. The van der Waals surface area contributed by atoms with E-state index in [1.807, 2.05) is 36.8 Å². The molecule has 25 heavy (non-hydrogen) atoms. The number of nitrogens with zero attached hydrogens (tertiary/aromatic N) is 4. The molecule has 0 amide bonds. The molecular formula is C19H25N5O. The first kappa shape index (κ1) is 16.3. The first-order valence-electron chi connectivity index (χ1n) is 9.14. The lowest BCUT2D eigenvalue weighted by atomic mass is 9.87. The molecule has 0 bridgehead atoms. The molecule has 0 radical (unpaired) electrons. The molecule has 2 fully saturated rings. The number of nitrogens with one attached hydrogen (secondary N) is 1. The highest BCUT2D eigenvalue weighted by Crippen LogP contribution is 2.37. The molecule has 4 heterocycles. The molecule has 1 spiro atoms. The minimum absolute atomic E-state index is 0.00763. The fourth-order valence-electron chi connectivity index (χ4n) is 3.75. The maximum absolute atomic E-state index is 6.23. The van der Waals surface area contributed by atoms with Crippen molar-refractivity contribution in [3.8, 4) is 0 Å². The second-order valence-corrected chi connectivity index (χ2v) is 6.99. The van der Waals surface area contributed by atoms with Crippen molar-refractivity contribution in [2.75, 3.05) is 29.9 Å². The Morgan fingerprint density at radius 2 is 2.00 bits per heavy atom. The van der Waals surface area contributed by atoms with Crippen LogP contribution in [-0.4, -0.2) is 46.3 Å². The van der Waals surface area contributed by atoms with E-state index in [1.165, 1.54) is 5.56 Å². The van der Waals surface area contributed by atoms with Gasteiger partial charge < -0.3 is 15.0 Å². The molecule has 2 saturated heterocycles. The van der Waals surface area contributed by atoms with Crippen LogP contribution in [0, 0.1) is 0 Å². The third-order valence-corrected chi connectivity index (χ3v) is 5.28. The topological polar surface area (TPSA) is 63.2 Å². The monoisotopic (exact) mass is 339 g/mol. The lowest BCUT2D eigenvalue weighted by molar-refractivity contribution is -0.0149. The van der Waals surface area contributed by atoms with Crippen molar-refractivity contribution in [3.05, 3.63) is 42.4 Å². The van der Waals surface area contributed by atoms with Crippen molar-refractivity contribution in [2.45, 2.75) is 44.2 Å². The number of hydrogen-bond acceptors (Lipinski definition) is 6. The molecule has 2 aromatic heterocycles. The molecule has 132 valence electrons. The van der Waals surface area contributed by atoms with Gasteiger partial charge in [-0.3, -0.25) is 0 Å². The smallest absolute Gasteiger partial charge is 0.225 e. The maximum Gasteiger partial charge on any atom is 0.225 e. The minimum Gasteiger partial charge on any atom is -0.373 e. The Balaban J connectivity index is 1.33. The summed E-state index contributed by atoms with van der Waals surface area (Å²) in [5.74, 6) is 1.77. The predicted octanol–water partition coefficient (Wildman–Crippen LogP) is 2.67. The van der Waals surface area contributed by atoms with Crippen LogP contribution in [0.4, 0.5) is 11.8 Å². The van der Waals surface area contributed by atoms with E-state index in [0.717, 1.165) is 57.1 Å². The van der Waals surface area contributed by atoms with Crippen molar-refractivity contribution >= 4 is 11.8 Å². The third kappa shape index (κ3) is 3.58. The van der Waals surface area contributed by atoms with Crippen molar-refractivity contribution in [2.24, 2.45) is 0 Å². The molecule has 2 aromatic rings. The van der Waals surface area contributed by atoms with Gasteiger partial charge in [0, 0.05) is 31.7 Å².